The largest absolute Gasteiger partial charge is 0.433 e. The molecule has 0 unspecified atom stereocenters. The van der Waals surface area contributed by atoms with Crippen LogP contribution in [0.5, 0.6) is 0 Å². The maximum atomic E-state index is 13.2. The predicted octanol–water partition coefficient (Wildman–Crippen LogP) is 4.33. The van der Waals surface area contributed by atoms with Crippen molar-refractivity contribution in [1.82, 2.24) is 15.1 Å². The summed E-state index contributed by atoms with van der Waals surface area (Å²) in [4.78, 5) is 19.5. The second-order valence-corrected chi connectivity index (χ2v) is 6.53. The first kappa shape index (κ1) is 19.8. The van der Waals surface area contributed by atoms with E-state index in [1.807, 2.05) is 0 Å². The lowest BCUT2D eigenvalue weighted by Gasteiger charge is -2.10. The molecule has 0 fully saturated rings. The van der Waals surface area contributed by atoms with Gasteiger partial charge in [0, 0.05) is 11.6 Å². The topological polar surface area (TPSA) is 80.9 Å². The summed E-state index contributed by atoms with van der Waals surface area (Å²) in [6.45, 7) is 1.64. The molecule has 11 heteroatoms. The number of hydrogen-bond donors (Lipinski definition) is 1. The summed E-state index contributed by atoms with van der Waals surface area (Å²) in [6.07, 6.45) is -4.70. The van der Waals surface area contributed by atoms with Crippen molar-refractivity contribution in [3.63, 3.8) is 0 Å². The first-order valence-electron chi connectivity index (χ1n) is 7.79. The summed E-state index contributed by atoms with van der Waals surface area (Å²) in [5.41, 5.74) is -0.895. The van der Waals surface area contributed by atoms with Gasteiger partial charge in [-0.2, -0.15) is 13.2 Å². The van der Waals surface area contributed by atoms with E-state index < -0.39 is 23.6 Å². The van der Waals surface area contributed by atoms with Gasteiger partial charge < -0.3 is 9.84 Å². The van der Waals surface area contributed by atoms with Gasteiger partial charge in [-0.1, -0.05) is 16.9 Å². The summed E-state index contributed by atoms with van der Waals surface area (Å²) in [5, 5.41) is 5.80. The molecule has 0 saturated heterocycles. The molecule has 0 aliphatic carbocycles. The number of halogens is 4. The third-order valence-corrected chi connectivity index (χ3v) is 4.21. The van der Waals surface area contributed by atoms with Gasteiger partial charge in [0.25, 0.3) is 0 Å². The predicted molar refractivity (Wildman–Crippen MR) is 93.0 cm³/mol. The maximum absolute atomic E-state index is 13.2. The van der Waals surface area contributed by atoms with Crippen LogP contribution in [0.3, 0.4) is 0 Å². The minimum atomic E-state index is -4.70. The number of hydrogen-bond acceptors (Lipinski definition) is 6. The number of alkyl halides is 3. The second-order valence-electron chi connectivity index (χ2n) is 5.59. The first-order chi connectivity index (χ1) is 13.2. The minimum Gasteiger partial charge on any atom is -0.360 e. The fourth-order valence-corrected chi connectivity index (χ4v) is 2.80. The Morgan fingerprint density at radius 2 is 1.89 bits per heavy atom. The van der Waals surface area contributed by atoms with Crippen LogP contribution in [0.25, 0.3) is 11.3 Å². The molecule has 0 aliphatic heterocycles. The highest BCUT2D eigenvalue weighted by atomic mass is 32.2. The van der Waals surface area contributed by atoms with Gasteiger partial charge in [-0.05, 0) is 37.3 Å². The Bertz CT molecular complexity index is 990. The number of nitrogens with one attached hydrogen (secondary N) is 1. The Morgan fingerprint density at radius 3 is 2.50 bits per heavy atom. The van der Waals surface area contributed by atoms with Crippen molar-refractivity contribution < 1.29 is 26.9 Å². The lowest BCUT2D eigenvalue weighted by atomic mass is 10.1. The van der Waals surface area contributed by atoms with Gasteiger partial charge in [0.1, 0.15) is 17.3 Å². The van der Waals surface area contributed by atoms with Crippen LogP contribution in [0, 0.1) is 12.7 Å². The average molecular weight is 412 g/mol. The van der Waals surface area contributed by atoms with Crippen LogP contribution < -0.4 is 5.32 Å². The molecule has 0 radical (unpaired) electrons. The van der Waals surface area contributed by atoms with E-state index in [-0.39, 0.29) is 22.4 Å². The third-order valence-electron chi connectivity index (χ3n) is 3.36. The molecule has 1 N–H and O–H groups in total. The zero-order chi connectivity index (χ0) is 20.3. The number of aromatic nitrogens is 3. The second kappa shape index (κ2) is 7.97. The smallest absolute Gasteiger partial charge is 0.360 e. The van der Waals surface area contributed by atoms with Crippen LogP contribution in [0.2, 0.25) is 0 Å². The Balaban J connectivity index is 1.80. The SMILES string of the molecule is Cc1cc(NC(=O)CSc2nc(-c3ccc(F)cc3)cc(C(F)(F)F)n2)no1. The average Bonchev–Trinajstić information content (AvgIpc) is 3.04. The molecule has 28 heavy (non-hydrogen) atoms. The number of carbonyl (C=O) groups is 1. The van der Waals surface area contributed by atoms with Crippen molar-refractivity contribution in [3.8, 4) is 11.3 Å². The van der Waals surface area contributed by atoms with E-state index >= 15 is 0 Å². The molecule has 1 amide bonds. The van der Waals surface area contributed by atoms with Crippen LogP contribution in [-0.2, 0) is 11.0 Å². The normalized spacial score (nSPS) is 11.5. The molecule has 2 heterocycles. The van der Waals surface area contributed by atoms with Crippen LogP contribution in [0.4, 0.5) is 23.4 Å². The molecule has 0 atom stereocenters. The van der Waals surface area contributed by atoms with E-state index in [0.29, 0.717) is 11.3 Å². The van der Waals surface area contributed by atoms with E-state index in [1.54, 1.807) is 6.92 Å². The van der Waals surface area contributed by atoms with Gasteiger partial charge in [-0.15, -0.1) is 0 Å². The lowest BCUT2D eigenvalue weighted by Crippen LogP contribution is -2.15. The highest BCUT2D eigenvalue weighted by Gasteiger charge is 2.34. The van der Waals surface area contributed by atoms with Crippen molar-refractivity contribution in [3.05, 3.63) is 53.7 Å². The van der Waals surface area contributed by atoms with Gasteiger partial charge in [0.15, 0.2) is 11.0 Å². The number of amides is 1. The number of nitrogens with zero attached hydrogens (tertiary/aromatic N) is 3. The van der Waals surface area contributed by atoms with Gasteiger partial charge in [-0.3, -0.25) is 4.79 Å². The molecule has 3 aromatic rings. The number of carbonyl (C=O) groups excluding carboxylic acids is 1. The Hall–Kier alpha value is -2.95. The van der Waals surface area contributed by atoms with Crippen molar-refractivity contribution in [2.75, 3.05) is 11.1 Å². The Kier molecular flexibility index (Phi) is 5.63. The summed E-state index contributed by atoms with van der Waals surface area (Å²) >= 11 is 0.730. The highest BCUT2D eigenvalue weighted by Crippen LogP contribution is 2.32. The van der Waals surface area contributed by atoms with Gasteiger partial charge in [-0.25, -0.2) is 14.4 Å². The highest BCUT2D eigenvalue weighted by molar-refractivity contribution is 7.99. The fraction of sp³-hybridized carbons (Fsp3) is 0.176. The molecular formula is C17H12F4N4O2S. The molecular weight excluding hydrogens is 400 g/mol. The van der Waals surface area contributed by atoms with E-state index in [4.69, 9.17) is 4.52 Å². The van der Waals surface area contributed by atoms with Crippen LogP contribution in [-0.4, -0.2) is 26.8 Å². The molecule has 0 spiro atoms. The summed E-state index contributed by atoms with van der Waals surface area (Å²) < 4.78 is 57.4. The Labute approximate surface area is 160 Å². The number of thioether (sulfide) groups is 1. The quantitative estimate of drug-likeness (QED) is 0.382. The summed E-state index contributed by atoms with van der Waals surface area (Å²) in [6, 6.07) is 7.12. The fourth-order valence-electron chi connectivity index (χ4n) is 2.14. The molecule has 2 aromatic heterocycles. The lowest BCUT2D eigenvalue weighted by molar-refractivity contribution is -0.141. The van der Waals surface area contributed by atoms with E-state index in [2.05, 4.69) is 20.4 Å². The van der Waals surface area contributed by atoms with E-state index in [0.717, 1.165) is 30.0 Å². The van der Waals surface area contributed by atoms with Gasteiger partial charge in [0.05, 0.1) is 11.4 Å². The number of benzene rings is 1. The molecule has 0 aliphatic rings. The summed E-state index contributed by atoms with van der Waals surface area (Å²) in [5.74, 6) is -0.588. The van der Waals surface area contributed by atoms with Crippen LogP contribution >= 0.6 is 11.8 Å². The number of anilines is 1. The standard InChI is InChI=1S/C17H12F4N4O2S/c1-9-6-14(25-27-9)24-15(26)8-28-16-22-12(7-13(23-16)17(19,20)21)10-2-4-11(18)5-3-10/h2-7H,8H2,1H3,(H,24,25,26). The molecule has 6 nitrogen and oxygen atoms in total. The molecule has 0 saturated carbocycles. The maximum Gasteiger partial charge on any atom is 0.433 e. The third kappa shape index (κ3) is 5.06. The summed E-state index contributed by atoms with van der Waals surface area (Å²) in [7, 11) is 0. The van der Waals surface area contributed by atoms with Crippen LogP contribution in [0.1, 0.15) is 11.5 Å². The Morgan fingerprint density at radius 1 is 1.18 bits per heavy atom. The first-order valence-corrected chi connectivity index (χ1v) is 8.77. The molecule has 146 valence electrons. The van der Waals surface area contributed by atoms with Gasteiger partial charge >= 0.3 is 6.18 Å². The minimum absolute atomic E-state index is 0.0302. The van der Waals surface area contributed by atoms with Gasteiger partial charge in [0.2, 0.25) is 5.91 Å². The zero-order valence-electron chi connectivity index (χ0n) is 14.2. The molecule has 1 aromatic carbocycles. The van der Waals surface area contributed by atoms with E-state index in [1.165, 1.54) is 18.2 Å². The monoisotopic (exact) mass is 412 g/mol. The molecule has 3 rings (SSSR count). The van der Waals surface area contributed by atoms with E-state index in [9.17, 15) is 22.4 Å². The number of rotatable bonds is 5. The van der Waals surface area contributed by atoms with Crippen molar-refractivity contribution in [2.45, 2.75) is 18.3 Å². The zero-order valence-corrected chi connectivity index (χ0v) is 15.1. The van der Waals surface area contributed by atoms with Crippen molar-refractivity contribution >= 4 is 23.5 Å². The van der Waals surface area contributed by atoms with Crippen LogP contribution in [0.15, 0.2) is 46.1 Å². The number of aryl methyl sites for hydroxylation is 1. The van der Waals surface area contributed by atoms with Crippen molar-refractivity contribution in [2.24, 2.45) is 0 Å². The molecule has 0 bridgehead atoms. The van der Waals surface area contributed by atoms with Crippen molar-refractivity contribution in [1.29, 1.82) is 0 Å².